The van der Waals surface area contributed by atoms with Crippen molar-refractivity contribution in [1.82, 2.24) is 4.90 Å². The monoisotopic (exact) mass is 359 g/mol. The molecule has 140 valence electrons. The summed E-state index contributed by atoms with van der Waals surface area (Å²) in [6.45, 7) is 3.20. The van der Waals surface area contributed by atoms with Gasteiger partial charge in [-0.3, -0.25) is 9.59 Å². The number of esters is 1. The van der Waals surface area contributed by atoms with E-state index in [1.807, 2.05) is 36.4 Å². The lowest BCUT2D eigenvalue weighted by Gasteiger charge is -2.21. The number of nitrogens with zero attached hydrogens (tertiary/aromatic N) is 1. The standard InChI is InChI=1S/C20H25NO5/c1-2-24-20(23)12-13-21(16-18-10-6-14-26-18)19(22)11-7-15-25-17-8-4-3-5-9-17/h3-6,8-10,14H,2,7,11-13,15-16H2,1H3. The van der Waals surface area contributed by atoms with Gasteiger partial charge < -0.3 is 18.8 Å². The quantitative estimate of drug-likeness (QED) is 0.454. The summed E-state index contributed by atoms with van der Waals surface area (Å²) in [7, 11) is 0. The summed E-state index contributed by atoms with van der Waals surface area (Å²) in [5, 5.41) is 0. The van der Waals surface area contributed by atoms with Gasteiger partial charge in [-0.2, -0.15) is 0 Å². The molecule has 6 nitrogen and oxygen atoms in total. The van der Waals surface area contributed by atoms with E-state index < -0.39 is 0 Å². The van der Waals surface area contributed by atoms with E-state index in [0.717, 1.165) is 5.75 Å². The fourth-order valence-corrected chi connectivity index (χ4v) is 2.43. The third kappa shape index (κ3) is 7.01. The summed E-state index contributed by atoms with van der Waals surface area (Å²) in [6, 6.07) is 13.1. The Morgan fingerprint density at radius 2 is 1.88 bits per heavy atom. The molecule has 0 aliphatic heterocycles. The second-order valence-electron chi connectivity index (χ2n) is 5.71. The van der Waals surface area contributed by atoms with E-state index in [-0.39, 0.29) is 18.3 Å². The van der Waals surface area contributed by atoms with Gasteiger partial charge in [0.25, 0.3) is 0 Å². The van der Waals surface area contributed by atoms with Crippen LogP contribution in [0.1, 0.15) is 31.9 Å². The maximum atomic E-state index is 12.5. The van der Waals surface area contributed by atoms with Gasteiger partial charge in [-0.05, 0) is 37.6 Å². The Labute approximate surface area is 153 Å². The van der Waals surface area contributed by atoms with Crippen molar-refractivity contribution in [2.24, 2.45) is 0 Å². The van der Waals surface area contributed by atoms with E-state index in [2.05, 4.69) is 0 Å². The van der Waals surface area contributed by atoms with Gasteiger partial charge in [0.1, 0.15) is 11.5 Å². The summed E-state index contributed by atoms with van der Waals surface area (Å²) in [5.74, 6) is 1.12. The largest absolute Gasteiger partial charge is 0.494 e. The second-order valence-corrected chi connectivity index (χ2v) is 5.71. The van der Waals surface area contributed by atoms with Gasteiger partial charge in [-0.25, -0.2) is 0 Å². The molecule has 1 heterocycles. The number of hydrogen-bond acceptors (Lipinski definition) is 5. The van der Waals surface area contributed by atoms with E-state index >= 15 is 0 Å². The Hall–Kier alpha value is -2.76. The van der Waals surface area contributed by atoms with Gasteiger partial charge >= 0.3 is 5.97 Å². The highest BCUT2D eigenvalue weighted by molar-refractivity contribution is 5.77. The highest BCUT2D eigenvalue weighted by Gasteiger charge is 2.17. The number of ether oxygens (including phenoxy) is 2. The van der Waals surface area contributed by atoms with Gasteiger partial charge in [-0.1, -0.05) is 18.2 Å². The number of furan rings is 1. The molecule has 0 radical (unpaired) electrons. The van der Waals surface area contributed by atoms with Crippen LogP contribution >= 0.6 is 0 Å². The van der Waals surface area contributed by atoms with Crippen LogP contribution in [0.15, 0.2) is 53.1 Å². The number of benzene rings is 1. The van der Waals surface area contributed by atoms with E-state index in [9.17, 15) is 9.59 Å². The Morgan fingerprint density at radius 3 is 2.58 bits per heavy atom. The Kier molecular flexibility index (Phi) is 8.26. The minimum absolute atomic E-state index is 0.0395. The molecule has 0 atom stereocenters. The first kappa shape index (κ1) is 19.6. The van der Waals surface area contributed by atoms with Gasteiger partial charge in [0.05, 0.1) is 32.4 Å². The van der Waals surface area contributed by atoms with Gasteiger partial charge in [0, 0.05) is 13.0 Å². The van der Waals surface area contributed by atoms with E-state index in [1.54, 1.807) is 24.2 Å². The zero-order chi connectivity index (χ0) is 18.6. The molecule has 6 heteroatoms. The van der Waals surface area contributed by atoms with E-state index in [1.165, 1.54) is 0 Å². The number of carbonyl (C=O) groups is 2. The normalized spacial score (nSPS) is 10.3. The molecule has 1 aromatic heterocycles. The molecule has 0 saturated carbocycles. The van der Waals surface area contributed by atoms with Crippen molar-refractivity contribution < 1.29 is 23.5 Å². The fourth-order valence-electron chi connectivity index (χ4n) is 2.43. The average Bonchev–Trinajstić information content (AvgIpc) is 3.16. The van der Waals surface area contributed by atoms with Crippen LogP contribution in [0.4, 0.5) is 0 Å². The molecular formula is C20H25NO5. The molecule has 1 amide bonds. The predicted octanol–water partition coefficient (Wildman–Crippen LogP) is 3.42. The van der Waals surface area contributed by atoms with Crippen LogP contribution < -0.4 is 4.74 Å². The highest BCUT2D eigenvalue weighted by atomic mass is 16.5. The van der Waals surface area contributed by atoms with Crippen LogP contribution in [0.3, 0.4) is 0 Å². The molecule has 0 aliphatic carbocycles. The van der Waals surface area contributed by atoms with Gasteiger partial charge in [0.15, 0.2) is 0 Å². The summed E-state index contributed by atoms with van der Waals surface area (Å²) in [4.78, 5) is 25.7. The SMILES string of the molecule is CCOC(=O)CCN(Cc1ccco1)C(=O)CCCOc1ccccc1. The molecule has 2 aromatic rings. The van der Waals surface area contributed by atoms with Crippen molar-refractivity contribution in [3.05, 3.63) is 54.5 Å². The van der Waals surface area contributed by atoms with Crippen LogP contribution in [0, 0.1) is 0 Å². The van der Waals surface area contributed by atoms with E-state index in [0.29, 0.717) is 44.9 Å². The smallest absolute Gasteiger partial charge is 0.307 e. The molecule has 0 N–H and O–H groups in total. The number of amides is 1. The zero-order valence-corrected chi connectivity index (χ0v) is 15.1. The number of rotatable bonds is 11. The molecule has 0 spiro atoms. The minimum atomic E-state index is -0.308. The van der Waals surface area contributed by atoms with Gasteiger partial charge in [0.2, 0.25) is 5.91 Å². The topological polar surface area (TPSA) is 69.0 Å². The maximum absolute atomic E-state index is 12.5. The first-order valence-corrected chi connectivity index (χ1v) is 8.82. The Balaban J connectivity index is 1.80. The third-order valence-electron chi connectivity index (χ3n) is 3.72. The van der Waals surface area contributed by atoms with Crippen LogP contribution in [-0.4, -0.2) is 36.5 Å². The maximum Gasteiger partial charge on any atom is 0.307 e. The summed E-state index contributed by atoms with van der Waals surface area (Å²) in [6.07, 6.45) is 2.68. The number of carbonyl (C=O) groups excluding carboxylic acids is 2. The molecule has 1 aromatic carbocycles. The molecule has 0 aliphatic rings. The average molecular weight is 359 g/mol. The first-order chi connectivity index (χ1) is 12.7. The van der Waals surface area contributed by atoms with Crippen molar-refractivity contribution >= 4 is 11.9 Å². The molecule has 2 rings (SSSR count). The van der Waals surface area contributed by atoms with Crippen LogP contribution in [0.25, 0.3) is 0 Å². The lowest BCUT2D eigenvalue weighted by atomic mass is 10.2. The lowest BCUT2D eigenvalue weighted by molar-refractivity contribution is -0.144. The lowest BCUT2D eigenvalue weighted by Crippen LogP contribution is -2.32. The second kappa shape index (κ2) is 11.0. The van der Waals surface area contributed by atoms with Gasteiger partial charge in [-0.15, -0.1) is 0 Å². The van der Waals surface area contributed by atoms with Crippen LogP contribution in [0.2, 0.25) is 0 Å². The van der Waals surface area contributed by atoms with Crippen LogP contribution in [-0.2, 0) is 20.9 Å². The van der Waals surface area contributed by atoms with Crippen molar-refractivity contribution in [1.29, 1.82) is 0 Å². The Bertz CT molecular complexity index is 654. The summed E-state index contributed by atoms with van der Waals surface area (Å²) < 4.78 is 15.9. The molecule has 0 fully saturated rings. The number of hydrogen-bond donors (Lipinski definition) is 0. The van der Waals surface area contributed by atoms with Crippen LogP contribution in [0.5, 0.6) is 5.75 Å². The first-order valence-electron chi connectivity index (χ1n) is 8.82. The van der Waals surface area contributed by atoms with Crippen molar-refractivity contribution in [3.8, 4) is 5.75 Å². The van der Waals surface area contributed by atoms with Crippen molar-refractivity contribution in [2.45, 2.75) is 32.7 Å². The Morgan fingerprint density at radius 1 is 1.08 bits per heavy atom. The predicted molar refractivity (Wildman–Crippen MR) is 96.5 cm³/mol. The van der Waals surface area contributed by atoms with E-state index in [4.69, 9.17) is 13.9 Å². The molecule has 0 saturated heterocycles. The molecule has 0 bridgehead atoms. The molecule has 0 unspecified atom stereocenters. The van der Waals surface area contributed by atoms with Crippen molar-refractivity contribution in [3.63, 3.8) is 0 Å². The fraction of sp³-hybridized carbons (Fsp3) is 0.400. The summed E-state index contributed by atoms with van der Waals surface area (Å²) in [5.41, 5.74) is 0. The number of para-hydroxylation sites is 1. The minimum Gasteiger partial charge on any atom is -0.494 e. The third-order valence-corrected chi connectivity index (χ3v) is 3.72. The highest BCUT2D eigenvalue weighted by Crippen LogP contribution is 2.11. The zero-order valence-electron chi connectivity index (χ0n) is 15.1. The summed E-state index contributed by atoms with van der Waals surface area (Å²) >= 11 is 0. The molecular weight excluding hydrogens is 334 g/mol. The molecule has 26 heavy (non-hydrogen) atoms. The van der Waals surface area contributed by atoms with Crippen molar-refractivity contribution in [2.75, 3.05) is 19.8 Å².